The number of carbonyl (C=O) groups is 1. The summed E-state index contributed by atoms with van der Waals surface area (Å²) in [6, 6.07) is 3.22. The van der Waals surface area contributed by atoms with Crippen molar-refractivity contribution in [3.05, 3.63) is 29.6 Å². The SMILES string of the molecule is CCOC(=O)c1cc(O)ccc1F. The van der Waals surface area contributed by atoms with Crippen LogP contribution in [0.5, 0.6) is 5.75 Å². The maximum absolute atomic E-state index is 12.9. The average molecular weight is 184 g/mol. The molecule has 0 aromatic heterocycles. The van der Waals surface area contributed by atoms with Gasteiger partial charge in [-0.05, 0) is 25.1 Å². The third-order valence-corrected chi connectivity index (χ3v) is 1.45. The predicted octanol–water partition coefficient (Wildman–Crippen LogP) is 1.71. The molecule has 1 aromatic rings. The van der Waals surface area contributed by atoms with E-state index in [4.69, 9.17) is 5.11 Å². The van der Waals surface area contributed by atoms with Gasteiger partial charge in [0, 0.05) is 0 Å². The highest BCUT2D eigenvalue weighted by atomic mass is 19.1. The number of hydrogen-bond donors (Lipinski definition) is 1. The Morgan fingerprint density at radius 1 is 1.62 bits per heavy atom. The minimum absolute atomic E-state index is 0.163. The van der Waals surface area contributed by atoms with Gasteiger partial charge in [0.2, 0.25) is 0 Å². The molecule has 3 nitrogen and oxygen atoms in total. The van der Waals surface area contributed by atoms with E-state index in [0.717, 1.165) is 18.2 Å². The molecule has 0 aliphatic carbocycles. The summed E-state index contributed by atoms with van der Waals surface area (Å²) in [5, 5.41) is 8.98. The molecule has 0 aliphatic heterocycles. The summed E-state index contributed by atoms with van der Waals surface area (Å²) in [6.45, 7) is 1.80. The molecule has 0 radical (unpaired) electrons. The minimum atomic E-state index is -0.768. The van der Waals surface area contributed by atoms with Gasteiger partial charge >= 0.3 is 5.97 Å². The number of ether oxygens (including phenoxy) is 1. The summed E-state index contributed by atoms with van der Waals surface area (Å²) >= 11 is 0. The van der Waals surface area contributed by atoms with Gasteiger partial charge in [0.15, 0.2) is 0 Å². The molecular formula is C9H9FO3. The highest BCUT2D eigenvalue weighted by Crippen LogP contribution is 2.15. The van der Waals surface area contributed by atoms with Gasteiger partial charge in [-0.2, -0.15) is 0 Å². The Bertz CT molecular complexity index is 323. The Balaban J connectivity index is 2.99. The topological polar surface area (TPSA) is 46.5 Å². The van der Waals surface area contributed by atoms with E-state index in [1.54, 1.807) is 6.92 Å². The molecule has 0 saturated carbocycles. The fourth-order valence-corrected chi connectivity index (χ4v) is 0.879. The second-order valence-corrected chi connectivity index (χ2v) is 2.38. The van der Waals surface area contributed by atoms with E-state index >= 15 is 0 Å². The number of halogens is 1. The van der Waals surface area contributed by atoms with Gasteiger partial charge in [0.05, 0.1) is 12.2 Å². The van der Waals surface area contributed by atoms with Crippen molar-refractivity contribution < 1.29 is 19.0 Å². The zero-order valence-corrected chi connectivity index (χ0v) is 7.08. The van der Waals surface area contributed by atoms with Gasteiger partial charge in [-0.1, -0.05) is 0 Å². The molecule has 1 N–H and O–H groups in total. The lowest BCUT2D eigenvalue weighted by Gasteiger charge is -2.02. The van der Waals surface area contributed by atoms with Crippen LogP contribution in [0.4, 0.5) is 4.39 Å². The highest BCUT2D eigenvalue weighted by Gasteiger charge is 2.12. The van der Waals surface area contributed by atoms with Gasteiger partial charge in [0.25, 0.3) is 0 Å². The molecule has 0 unspecified atom stereocenters. The van der Waals surface area contributed by atoms with Gasteiger partial charge in [-0.3, -0.25) is 0 Å². The van der Waals surface area contributed by atoms with Crippen LogP contribution >= 0.6 is 0 Å². The molecule has 0 amide bonds. The Morgan fingerprint density at radius 3 is 2.92 bits per heavy atom. The van der Waals surface area contributed by atoms with Gasteiger partial charge in [0.1, 0.15) is 11.6 Å². The van der Waals surface area contributed by atoms with Crippen molar-refractivity contribution in [1.29, 1.82) is 0 Å². The van der Waals surface area contributed by atoms with Crippen LogP contribution in [-0.2, 0) is 4.74 Å². The number of carbonyl (C=O) groups excluding carboxylic acids is 1. The van der Waals surface area contributed by atoms with Crippen molar-refractivity contribution >= 4 is 5.97 Å². The van der Waals surface area contributed by atoms with E-state index in [0.29, 0.717) is 0 Å². The molecule has 0 atom stereocenters. The number of rotatable bonds is 2. The normalized spacial score (nSPS) is 9.69. The van der Waals surface area contributed by atoms with Crippen LogP contribution in [0.3, 0.4) is 0 Å². The zero-order chi connectivity index (χ0) is 9.84. The highest BCUT2D eigenvalue weighted by molar-refractivity contribution is 5.90. The number of esters is 1. The van der Waals surface area contributed by atoms with Crippen LogP contribution in [0.2, 0.25) is 0 Å². The molecular weight excluding hydrogens is 175 g/mol. The first-order valence-corrected chi connectivity index (χ1v) is 3.80. The molecule has 4 heteroatoms. The van der Waals surface area contributed by atoms with Gasteiger partial charge in [-0.25, -0.2) is 9.18 Å². The van der Waals surface area contributed by atoms with Crippen molar-refractivity contribution in [3.63, 3.8) is 0 Å². The Hall–Kier alpha value is -1.58. The third-order valence-electron chi connectivity index (χ3n) is 1.45. The van der Waals surface area contributed by atoms with Crippen LogP contribution in [0.15, 0.2) is 18.2 Å². The molecule has 1 rings (SSSR count). The Morgan fingerprint density at radius 2 is 2.31 bits per heavy atom. The number of phenolic OH excluding ortho intramolecular Hbond substituents is 1. The van der Waals surface area contributed by atoms with Crippen LogP contribution in [0.25, 0.3) is 0 Å². The van der Waals surface area contributed by atoms with E-state index in [1.165, 1.54) is 0 Å². The number of benzene rings is 1. The third kappa shape index (κ3) is 2.18. The van der Waals surface area contributed by atoms with E-state index in [9.17, 15) is 9.18 Å². The summed E-state index contributed by atoms with van der Waals surface area (Å²) in [5.41, 5.74) is -0.248. The number of phenols is 1. The first-order valence-electron chi connectivity index (χ1n) is 3.80. The van der Waals surface area contributed by atoms with Crippen molar-refractivity contribution in [3.8, 4) is 5.75 Å². The van der Waals surface area contributed by atoms with Crippen molar-refractivity contribution in [2.45, 2.75) is 6.92 Å². The van der Waals surface area contributed by atoms with E-state index in [2.05, 4.69) is 4.74 Å². The fraction of sp³-hybridized carbons (Fsp3) is 0.222. The standard InChI is InChI=1S/C9H9FO3/c1-2-13-9(12)7-5-6(11)3-4-8(7)10/h3-5,11H,2H2,1H3. The Kier molecular flexibility index (Phi) is 2.84. The predicted molar refractivity (Wildman–Crippen MR) is 44.0 cm³/mol. The zero-order valence-electron chi connectivity index (χ0n) is 7.08. The molecule has 13 heavy (non-hydrogen) atoms. The molecule has 0 spiro atoms. The van der Waals surface area contributed by atoms with E-state index in [-0.39, 0.29) is 17.9 Å². The minimum Gasteiger partial charge on any atom is -0.508 e. The lowest BCUT2D eigenvalue weighted by Crippen LogP contribution is -2.06. The molecule has 0 bridgehead atoms. The lowest BCUT2D eigenvalue weighted by molar-refractivity contribution is 0.0520. The van der Waals surface area contributed by atoms with Crippen molar-refractivity contribution in [2.75, 3.05) is 6.61 Å². The monoisotopic (exact) mass is 184 g/mol. The maximum atomic E-state index is 12.9. The van der Waals surface area contributed by atoms with Gasteiger partial charge in [-0.15, -0.1) is 0 Å². The summed E-state index contributed by atoms with van der Waals surface area (Å²) in [5.74, 6) is -1.63. The largest absolute Gasteiger partial charge is 0.508 e. The van der Waals surface area contributed by atoms with Crippen LogP contribution in [0.1, 0.15) is 17.3 Å². The molecule has 0 aliphatic rings. The van der Waals surface area contributed by atoms with Crippen molar-refractivity contribution in [1.82, 2.24) is 0 Å². The van der Waals surface area contributed by atoms with Crippen molar-refractivity contribution in [2.24, 2.45) is 0 Å². The summed E-state index contributed by atoms with van der Waals surface area (Å²) in [7, 11) is 0. The summed E-state index contributed by atoms with van der Waals surface area (Å²) in [4.78, 5) is 11.0. The molecule has 0 heterocycles. The molecule has 1 aromatic carbocycles. The van der Waals surface area contributed by atoms with Gasteiger partial charge < -0.3 is 9.84 Å². The van der Waals surface area contributed by atoms with Crippen LogP contribution in [-0.4, -0.2) is 17.7 Å². The van der Waals surface area contributed by atoms with Crippen LogP contribution < -0.4 is 0 Å². The fourth-order valence-electron chi connectivity index (χ4n) is 0.879. The van der Waals surface area contributed by atoms with E-state index < -0.39 is 11.8 Å². The summed E-state index contributed by atoms with van der Waals surface area (Å²) in [6.07, 6.45) is 0. The molecule has 0 saturated heterocycles. The first kappa shape index (κ1) is 9.51. The number of hydrogen-bond acceptors (Lipinski definition) is 3. The lowest BCUT2D eigenvalue weighted by atomic mass is 10.2. The second-order valence-electron chi connectivity index (χ2n) is 2.38. The average Bonchev–Trinajstić information content (AvgIpc) is 2.09. The quantitative estimate of drug-likeness (QED) is 0.711. The summed E-state index contributed by atoms with van der Waals surface area (Å²) < 4.78 is 17.5. The molecule has 0 fully saturated rings. The van der Waals surface area contributed by atoms with Crippen LogP contribution in [0, 0.1) is 5.82 Å². The smallest absolute Gasteiger partial charge is 0.341 e. The Labute approximate surface area is 74.8 Å². The second kappa shape index (κ2) is 3.89. The van der Waals surface area contributed by atoms with E-state index in [1.807, 2.05) is 0 Å². The first-order chi connectivity index (χ1) is 6.15. The molecule has 70 valence electrons. The maximum Gasteiger partial charge on any atom is 0.341 e. The number of aromatic hydroxyl groups is 1.